The fraction of sp³-hybridized carbons (Fsp3) is 0.538. The van der Waals surface area contributed by atoms with Gasteiger partial charge in [-0.1, -0.05) is 35.8 Å². The Morgan fingerprint density at radius 1 is 1.31 bits per heavy atom. The average molecular weight is 286 g/mol. The molecule has 0 radical (unpaired) electrons. The van der Waals surface area contributed by atoms with Gasteiger partial charge in [-0.25, -0.2) is 0 Å². The van der Waals surface area contributed by atoms with Crippen LogP contribution in [-0.4, -0.2) is 13.2 Å². The van der Waals surface area contributed by atoms with Crippen LogP contribution in [0.25, 0.3) is 0 Å². The molecule has 1 rings (SSSR count). The van der Waals surface area contributed by atoms with Crippen molar-refractivity contribution in [2.75, 3.05) is 12.4 Å². The standard InChI is InChI=1S/C13H20BrNO/c1-9(2)10(3)15-13-7-5-6-12(14)11(13)8-16-4/h5-7,9-10,15H,8H2,1-4H3. The van der Waals surface area contributed by atoms with E-state index in [9.17, 15) is 0 Å². The number of anilines is 1. The maximum atomic E-state index is 5.22. The third-order valence-electron chi connectivity index (χ3n) is 2.79. The van der Waals surface area contributed by atoms with E-state index in [1.165, 1.54) is 5.56 Å². The Morgan fingerprint density at radius 3 is 2.56 bits per heavy atom. The van der Waals surface area contributed by atoms with E-state index in [0.29, 0.717) is 18.6 Å². The van der Waals surface area contributed by atoms with Gasteiger partial charge in [0.05, 0.1) is 6.61 Å². The van der Waals surface area contributed by atoms with Gasteiger partial charge < -0.3 is 10.1 Å². The molecule has 3 heteroatoms. The summed E-state index contributed by atoms with van der Waals surface area (Å²) in [5.41, 5.74) is 2.33. The van der Waals surface area contributed by atoms with Crippen molar-refractivity contribution in [1.82, 2.24) is 0 Å². The van der Waals surface area contributed by atoms with Gasteiger partial charge in [-0.15, -0.1) is 0 Å². The van der Waals surface area contributed by atoms with Crippen molar-refractivity contribution in [3.63, 3.8) is 0 Å². The predicted molar refractivity (Wildman–Crippen MR) is 72.8 cm³/mol. The number of ether oxygens (including phenoxy) is 1. The molecule has 0 saturated carbocycles. The van der Waals surface area contributed by atoms with Crippen molar-refractivity contribution in [2.45, 2.75) is 33.4 Å². The summed E-state index contributed by atoms with van der Waals surface area (Å²) in [5, 5.41) is 3.53. The van der Waals surface area contributed by atoms with E-state index < -0.39 is 0 Å². The Balaban J connectivity index is 2.90. The highest BCUT2D eigenvalue weighted by Crippen LogP contribution is 2.26. The second-order valence-corrected chi connectivity index (χ2v) is 5.23. The topological polar surface area (TPSA) is 21.3 Å². The lowest BCUT2D eigenvalue weighted by atomic mass is 10.1. The number of nitrogens with one attached hydrogen (secondary N) is 1. The van der Waals surface area contributed by atoms with Crippen LogP contribution in [0.2, 0.25) is 0 Å². The zero-order valence-corrected chi connectivity index (χ0v) is 12.0. The molecule has 0 amide bonds. The highest BCUT2D eigenvalue weighted by Gasteiger charge is 2.11. The highest BCUT2D eigenvalue weighted by atomic mass is 79.9. The number of rotatable bonds is 5. The average Bonchev–Trinajstić information content (AvgIpc) is 2.23. The van der Waals surface area contributed by atoms with Crippen LogP contribution < -0.4 is 5.32 Å². The SMILES string of the molecule is COCc1c(Br)cccc1NC(C)C(C)C. The normalized spacial score (nSPS) is 12.9. The number of methoxy groups -OCH3 is 1. The summed E-state index contributed by atoms with van der Waals surface area (Å²) in [5.74, 6) is 0.606. The van der Waals surface area contributed by atoms with E-state index in [1.807, 2.05) is 12.1 Å². The van der Waals surface area contributed by atoms with Crippen molar-refractivity contribution in [2.24, 2.45) is 5.92 Å². The van der Waals surface area contributed by atoms with E-state index in [4.69, 9.17) is 4.74 Å². The molecular weight excluding hydrogens is 266 g/mol. The van der Waals surface area contributed by atoms with Crippen molar-refractivity contribution >= 4 is 21.6 Å². The molecule has 0 aromatic heterocycles. The van der Waals surface area contributed by atoms with Crippen LogP contribution in [0.5, 0.6) is 0 Å². The first-order valence-electron chi connectivity index (χ1n) is 5.59. The van der Waals surface area contributed by atoms with Gasteiger partial charge in [0.1, 0.15) is 0 Å². The predicted octanol–water partition coefficient (Wildman–Crippen LogP) is 4.05. The molecule has 0 fully saturated rings. The molecule has 0 spiro atoms. The maximum absolute atomic E-state index is 5.22. The number of hydrogen-bond acceptors (Lipinski definition) is 2. The van der Waals surface area contributed by atoms with Crippen LogP contribution in [0.4, 0.5) is 5.69 Å². The molecule has 2 nitrogen and oxygen atoms in total. The molecule has 16 heavy (non-hydrogen) atoms. The summed E-state index contributed by atoms with van der Waals surface area (Å²) in [4.78, 5) is 0. The number of halogens is 1. The smallest absolute Gasteiger partial charge is 0.0744 e. The molecule has 1 aromatic rings. The fourth-order valence-corrected chi connectivity index (χ4v) is 1.88. The first kappa shape index (κ1) is 13.5. The molecule has 1 unspecified atom stereocenters. The second kappa shape index (κ2) is 6.26. The molecule has 0 heterocycles. The van der Waals surface area contributed by atoms with Crippen LogP contribution in [-0.2, 0) is 11.3 Å². The van der Waals surface area contributed by atoms with Gasteiger partial charge >= 0.3 is 0 Å². The molecule has 1 N–H and O–H groups in total. The first-order valence-corrected chi connectivity index (χ1v) is 6.38. The second-order valence-electron chi connectivity index (χ2n) is 4.38. The van der Waals surface area contributed by atoms with Crippen molar-refractivity contribution < 1.29 is 4.74 Å². The van der Waals surface area contributed by atoms with Gasteiger partial charge in [0.25, 0.3) is 0 Å². The van der Waals surface area contributed by atoms with E-state index in [0.717, 1.165) is 10.2 Å². The van der Waals surface area contributed by atoms with E-state index in [-0.39, 0.29) is 0 Å². The van der Waals surface area contributed by atoms with Crippen molar-refractivity contribution in [1.29, 1.82) is 0 Å². The lowest BCUT2D eigenvalue weighted by Crippen LogP contribution is -2.22. The van der Waals surface area contributed by atoms with Crippen LogP contribution in [0.15, 0.2) is 22.7 Å². The van der Waals surface area contributed by atoms with Gasteiger partial charge in [-0.3, -0.25) is 0 Å². The molecule has 0 aliphatic carbocycles. The highest BCUT2D eigenvalue weighted by molar-refractivity contribution is 9.10. The van der Waals surface area contributed by atoms with Gasteiger partial charge in [-0.05, 0) is 25.0 Å². The van der Waals surface area contributed by atoms with Crippen LogP contribution in [0.3, 0.4) is 0 Å². The zero-order valence-electron chi connectivity index (χ0n) is 10.4. The lowest BCUT2D eigenvalue weighted by Gasteiger charge is -2.21. The maximum Gasteiger partial charge on any atom is 0.0744 e. The zero-order chi connectivity index (χ0) is 12.1. The molecule has 0 bridgehead atoms. The summed E-state index contributed by atoms with van der Waals surface area (Å²) >= 11 is 3.56. The van der Waals surface area contributed by atoms with E-state index >= 15 is 0 Å². The molecule has 0 saturated heterocycles. The van der Waals surface area contributed by atoms with Crippen molar-refractivity contribution in [3.05, 3.63) is 28.2 Å². The molecule has 0 aliphatic rings. The third-order valence-corrected chi connectivity index (χ3v) is 3.53. The summed E-state index contributed by atoms with van der Waals surface area (Å²) in [6, 6.07) is 6.63. The Morgan fingerprint density at radius 2 is 2.00 bits per heavy atom. The van der Waals surface area contributed by atoms with Crippen molar-refractivity contribution in [3.8, 4) is 0 Å². The fourth-order valence-electron chi connectivity index (χ4n) is 1.40. The summed E-state index contributed by atoms with van der Waals surface area (Å²) < 4.78 is 6.31. The summed E-state index contributed by atoms with van der Waals surface area (Å²) in [6.07, 6.45) is 0. The van der Waals surface area contributed by atoms with Gasteiger partial charge in [0, 0.05) is 28.9 Å². The molecule has 1 aromatic carbocycles. The minimum absolute atomic E-state index is 0.449. The first-order chi connectivity index (χ1) is 7.56. The van der Waals surface area contributed by atoms with Gasteiger partial charge in [-0.2, -0.15) is 0 Å². The Bertz CT molecular complexity index is 339. The van der Waals surface area contributed by atoms with Crippen LogP contribution in [0.1, 0.15) is 26.3 Å². The Kier molecular flexibility index (Phi) is 5.29. The third kappa shape index (κ3) is 3.49. The molecule has 1 atom stereocenters. The monoisotopic (exact) mass is 285 g/mol. The van der Waals surface area contributed by atoms with Gasteiger partial charge in [0.2, 0.25) is 0 Å². The van der Waals surface area contributed by atoms with E-state index in [1.54, 1.807) is 7.11 Å². The number of benzene rings is 1. The molecule has 90 valence electrons. The minimum Gasteiger partial charge on any atom is -0.382 e. The largest absolute Gasteiger partial charge is 0.382 e. The molecule has 0 aliphatic heterocycles. The minimum atomic E-state index is 0.449. The Hall–Kier alpha value is -0.540. The van der Waals surface area contributed by atoms with E-state index in [2.05, 4.69) is 48.1 Å². The molecular formula is C13H20BrNO. The lowest BCUT2D eigenvalue weighted by molar-refractivity contribution is 0.185. The summed E-state index contributed by atoms with van der Waals surface area (Å²) in [7, 11) is 1.72. The Labute approximate surface area is 107 Å². The van der Waals surface area contributed by atoms with Crippen LogP contribution >= 0.6 is 15.9 Å². The quantitative estimate of drug-likeness (QED) is 0.881. The number of hydrogen-bond donors (Lipinski definition) is 1. The summed E-state index contributed by atoms with van der Waals surface area (Å²) in [6.45, 7) is 7.24. The van der Waals surface area contributed by atoms with Gasteiger partial charge in [0.15, 0.2) is 0 Å². The van der Waals surface area contributed by atoms with Crippen LogP contribution in [0, 0.1) is 5.92 Å².